The van der Waals surface area contributed by atoms with Crippen LogP contribution in [0.5, 0.6) is 5.75 Å². The van der Waals surface area contributed by atoms with Gasteiger partial charge in [-0.2, -0.15) is 0 Å². The number of hydrogen-bond acceptors (Lipinski definition) is 2. The van der Waals surface area contributed by atoms with Gasteiger partial charge in [0.05, 0.1) is 5.02 Å². The molecule has 0 aliphatic carbocycles. The minimum Gasteiger partial charge on any atom is -0.490 e. The Morgan fingerprint density at radius 1 is 1.35 bits per heavy atom. The first kappa shape index (κ1) is 13.1. The Bertz CT molecular complexity index is 697. The van der Waals surface area contributed by atoms with Crippen molar-refractivity contribution < 1.29 is 13.9 Å². The fourth-order valence-electron chi connectivity index (χ4n) is 2.40. The molecule has 0 radical (unpaired) electrons. The van der Waals surface area contributed by atoms with E-state index in [1.807, 2.05) is 6.92 Å². The van der Waals surface area contributed by atoms with E-state index in [2.05, 4.69) is 0 Å². The van der Waals surface area contributed by atoms with Gasteiger partial charge in [-0.1, -0.05) is 17.7 Å². The summed E-state index contributed by atoms with van der Waals surface area (Å²) >= 11 is 5.86. The standard InChI is InChI=1S/C16H12ClFO2/c1-9-7-11-8-10(5-6-14(11)20-9)16(19)12-3-2-4-13(18)15(12)17/h2-6,8-9H,7H2,1H3. The zero-order valence-corrected chi connectivity index (χ0v) is 11.6. The van der Waals surface area contributed by atoms with Crippen LogP contribution in [-0.4, -0.2) is 11.9 Å². The number of benzene rings is 2. The normalized spacial score (nSPS) is 16.6. The second-order valence-electron chi connectivity index (χ2n) is 4.89. The lowest BCUT2D eigenvalue weighted by molar-refractivity contribution is 0.103. The molecule has 1 unspecified atom stereocenters. The largest absolute Gasteiger partial charge is 0.490 e. The average Bonchev–Trinajstić information content (AvgIpc) is 2.80. The molecule has 1 atom stereocenters. The van der Waals surface area contributed by atoms with E-state index in [4.69, 9.17) is 16.3 Å². The lowest BCUT2D eigenvalue weighted by Crippen LogP contribution is -2.05. The molecule has 0 N–H and O–H groups in total. The van der Waals surface area contributed by atoms with Crippen molar-refractivity contribution in [3.8, 4) is 5.75 Å². The molecular formula is C16H12ClFO2. The smallest absolute Gasteiger partial charge is 0.194 e. The van der Waals surface area contributed by atoms with Crippen LogP contribution in [0.25, 0.3) is 0 Å². The van der Waals surface area contributed by atoms with Crippen molar-refractivity contribution in [3.63, 3.8) is 0 Å². The topological polar surface area (TPSA) is 26.3 Å². The van der Waals surface area contributed by atoms with Crippen LogP contribution in [-0.2, 0) is 6.42 Å². The summed E-state index contributed by atoms with van der Waals surface area (Å²) in [5.74, 6) is -0.0631. The third kappa shape index (κ3) is 2.18. The van der Waals surface area contributed by atoms with E-state index in [1.165, 1.54) is 18.2 Å². The quantitative estimate of drug-likeness (QED) is 0.781. The number of carbonyl (C=O) groups excluding carboxylic acids is 1. The highest BCUT2D eigenvalue weighted by atomic mass is 35.5. The number of carbonyl (C=O) groups is 1. The summed E-state index contributed by atoms with van der Waals surface area (Å²) in [5.41, 5.74) is 1.67. The van der Waals surface area contributed by atoms with Crippen LogP contribution in [0, 0.1) is 5.82 Å². The Kier molecular flexibility index (Phi) is 3.22. The zero-order valence-electron chi connectivity index (χ0n) is 10.8. The maximum absolute atomic E-state index is 13.4. The van der Waals surface area contributed by atoms with E-state index in [9.17, 15) is 9.18 Å². The van der Waals surface area contributed by atoms with Gasteiger partial charge in [0, 0.05) is 17.5 Å². The monoisotopic (exact) mass is 290 g/mol. The average molecular weight is 291 g/mol. The lowest BCUT2D eigenvalue weighted by Gasteiger charge is -2.06. The summed E-state index contributed by atoms with van der Waals surface area (Å²) in [5, 5.41) is -0.136. The molecule has 0 spiro atoms. The minimum absolute atomic E-state index is 0.119. The first-order chi connectivity index (χ1) is 9.56. The van der Waals surface area contributed by atoms with Crippen molar-refractivity contribution in [2.75, 3.05) is 0 Å². The molecule has 2 aromatic carbocycles. The summed E-state index contributed by atoms with van der Waals surface area (Å²) in [4.78, 5) is 12.4. The molecule has 0 fully saturated rings. The second-order valence-corrected chi connectivity index (χ2v) is 5.26. The summed E-state index contributed by atoms with van der Waals surface area (Å²) in [6.07, 6.45) is 0.890. The maximum Gasteiger partial charge on any atom is 0.194 e. The molecule has 1 aliphatic heterocycles. The zero-order chi connectivity index (χ0) is 14.3. The van der Waals surface area contributed by atoms with Crippen LogP contribution in [0.1, 0.15) is 28.4 Å². The summed E-state index contributed by atoms with van der Waals surface area (Å²) < 4.78 is 19.0. The molecule has 4 heteroatoms. The molecule has 102 valence electrons. The van der Waals surface area contributed by atoms with Gasteiger partial charge >= 0.3 is 0 Å². The van der Waals surface area contributed by atoms with E-state index in [1.54, 1.807) is 18.2 Å². The molecule has 0 aromatic heterocycles. The van der Waals surface area contributed by atoms with Crippen molar-refractivity contribution in [2.24, 2.45) is 0 Å². The number of fused-ring (bicyclic) bond motifs is 1. The van der Waals surface area contributed by atoms with Gasteiger partial charge in [0.2, 0.25) is 0 Å². The van der Waals surface area contributed by atoms with E-state index in [0.717, 1.165) is 17.7 Å². The van der Waals surface area contributed by atoms with Gasteiger partial charge in [-0.3, -0.25) is 4.79 Å². The van der Waals surface area contributed by atoms with Gasteiger partial charge in [-0.15, -0.1) is 0 Å². The van der Waals surface area contributed by atoms with Crippen LogP contribution in [0.4, 0.5) is 4.39 Å². The summed E-state index contributed by atoms with van der Waals surface area (Å²) in [6, 6.07) is 9.49. The number of hydrogen-bond donors (Lipinski definition) is 0. The van der Waals surface area contributed by atoms with Gasteiger partial charge in [0.25, 0.3) is 0 Å². The predicted octanol–water partition coefficient (Wildman–Crippen LogP) is 4.03. The molecule has 1 aliphatic rings. The Morgan fingerprint density at radius 3 is 2.95 bits per heavy atom. The van der Waals surface area contributed by atoms with Crippen LogP contribution in [0.3, 0.4) is 0 Å². The van der Waals surface area contributed by atoms with E-state index in [0.29, 0.717) is 5.56 Å². The van der Waals surface area contributed by atoms with Gasteiger partial charge < -0.3 is 4.74 Å². The number of ether oxygens (including phenoxy) is 1. The molecule has 2 aromatic rings. The highest BCUT2D eigenvalue weighted by molar-refractivity contribution is 6.35. The fraction of sp³-hybridized carbons (Fsp3) is 0.188. The third-order valence-corrected chi connectivity index (χ3v) is 3.74. The highest BCUT2D eigenvalue weighted by Crippen LogP contribution is 2.31. The summed E-state index contributed by atoms with van der Waals surface area (Å²) in [7, 11) is 0. The molecule has 1 heterocycles. The van der Waals surface area contributed by atoms with Crippen molar-refractivity contribution in [1.82, 2.24) is 0 Å². The Hall–Kier alpha value is -1.87. The molecule has 20 heavy (non-hydrogen) atoms. The summed E-state index contributed by atoms with van der Waals surface area (Å²) in [6.45, 7) is 1.98. The van der Waals surface area contributed by atoms with E-state index >= 15 is 0 Å². The van der Waals surface area contributed by atoms with Crippen molar-refractivity contribution in [1.29, 1.82) is 0 Å². The molecule has 0 saturated heterocycles. The first-order valence-corrected chi connectivity index (χ1v) is 6.72. The molecule has 0 saturated carbocycles. The Balaban J connectivity index is 2.00. The van der Waals surface area contributed by atoms with Gasteiger partial charge in [-0.25, -0.2) is 4.39 Å². The fourth-order valence-corrected chi connectivity index (χ4v) is 2.61. The van der Waals surface area contributed by atoms with Crippen molar-refractivity contribution in [2.45, 2.75) is 19.4 Å². The van der Waals surface area contributed by atoms with Gasteiger partial charge in [0.1, 0.15) is 17.7 Å². The minimum atomic E-state index is -0.587. The predicted molar refractivity (Wildman–Crippen MR) is 75.1 cm³/mol. The SMILES string of the molecule is CC1Cc2cc(C(=O)c3cccc(F)c3Cl)ccc2O1. The number of rotatable bonds is 2. The third-order valence-electron chi connectivity index (χ3n) is 3.35. The molecular weight excluding hydrogens is 279 g/mol. The first-order valence-electron chi connectivity index (χ1n) is 6.34. The maximum atomic E-state index is 13.4. The van der Waals surface area contributed by atoms with Crippen molar-refractivity contribution >= 4 is 17.4 Å². The molecule has 2 nitrogen and oxygen atoms in total. The highest BCUT2D eigenvalue weighted by Gasteiger charge is 2.22. The Morgan fingerprint density at radius 2 is 2.15 bits per heavy atom. The molecule has 3 rings (SSSR count). The Labute approximate surface area is 121 Å². The van der Waals surface area contributed by atoms with E-state index < -0.39 is 5.82 Å². The van der Waals surface area contributed by atoms with Crippen LogP contribution < -0.4 is 4.74 Å². The molecule has 0 bridgehead atoms. The van der Waals surface area contributed by atoms with Crippen LogP contribution in [0.15, 0.2) is 36.4 Å². The van der Waals surface area contributed by atoms with Gasteiger partial charge in [-0.05, 0) is 42.8 Å². The van der Waals surface area contributed by atoms with Crippen LogP contribution >= 0.6 is 11.6 Å². The lowest BCUT2D eigenvalue weighted by atomic mass is 9.99. The van der Waals surface area contributed by atoms with Gasteiger partial charge in [0.15, 0.2) is 5.78 Å². The second kappa shape index (κ2) is 4.91. The number of halogens is 2. The van der Waals surface area contributed by atoms with Crippen molar-refractivity contribution in [3.05, 3.63) is 63.9 Å². The number of ketones is 1. The van der Waals surface area contributed by atoms with E-state index in [-0.39, 0.29) is 22.5 Å². The molecule has 0 amide bonds. The van der Waals surface area contributed by atoms with Crippen LogP contribution in [0.2, 0.25) is 5.02 Å².